The Kier molecular flexibility index (Phi) is 13.1. The fourth-order valence-corrected chi connectivity index (χ4v) is 4.29. The molecule has 2 N–H and O–H groups in total. The van der Waals surface area contributed by atoms with Crippen molar-refractivity contribution >= 4 is 23.9 Å². The van der Waals surface area contributed by atoms with Crippen LogP contribution in [0.2, 0.25) is 0 Å². The quantitative estimate of drug-likeness (QED) is 0.267. The Morgan fingerprint density at radius 3 is 2.19 bits per heavy atom. The predicted molar refractivity (Wildman–Crippen MR) is 161 cm³/mol. The third-order valence-corrected chi connectivity index (χ3v) is 6.45. The van der Waals surface area contributed by atoms with E-state index in [1.165, 1.54) is 4.90 Å². The smallest absolute Gasteiger partial charge is 0.408 e. The highest BCUT2D eigenvalue weighted by Crippen LogP contribution is 2.27. The molecule has 0 radical (unpaired) electrons. The number of amides is 3. The van der Waals surface area contributed by atoms with Gasteiger partial charge in [0.25, 0.3) is 0 Å². The number of carbonyl (C=O) groups excluding carboxylic acids is 4. The highest BCUT2D eigenvalue weighted by atomic mass is 16.6. The molecule has 3 unspecified atom stereocenters. The van der Waals surface area contributed by atoms with Crippen molar-refractivity contribution in [1.82, 2.24) is 15.5 Å². The lowest BCUT2D eigenvalue weighted by atomic mass is 9.97. The van der Waals surface area contributed by atoms with Crippen LogP contribution < -0.4 is 10.6 Å². The van der Waals surface area contributed by atoms with Crippen LogP contribution in [0.25, 0.3) is 0 Å². The van der Waals surface area contributed by atoms with Gasteiger partial charge in [-0.05, 0) is 64.3 Å². The van der Waals surface area contributed by atoms with E-state index in [1.807, 2.05) is 44.2 Å². The molecule has 2 aromatic carbocycles. The Morgan fingerprint density at radius 1 is 1.00 bits per heavy atom. The van der Waals surface area contributed by atoms with E-state index in [-0.39, 0.29) is 26.0 Å². The number of alkyl carbamates (subject to hydrolysis) is 1. The lowest BCUT2D eigenvalue weighted by Crippen LogP contribution is -2.56. The van der Waals surface area contributed by atoms with Crippen molar-refractivity contribution in [3.05, 3.63) is 71.3 Å². The number of rotatable bonds is 13. The first-order chi connectivity index (χ1) is 19.9. The third-order valence-electron chi connectivity index (χ3n) is 6.45. The van der Waals surface area contributed by atoms with E-state index >= 15 is 0 Å². The van der Waals surface area contributed by atoms with Gasteiger partial charge in [0.05, 0.1) is 13.0 Å². The molecule has 3 atom stereocenters. The average Bonchev–Trinajstić information content (AvgIpc) is 2.94. The molecule has 42 heavy (non-hydrogen) atoms. The molecule has 0 aliphatic heterocycles. The van der Waals surface area contributed by atoms with Crippen LogP contribution in [0.1, 0.15) is 77.1 Å². The van der Waals surface area contributed by atoms with Gasteiger partial charge in [0.2, 0.25) is 11.8 Å². The summed E-state index contributed by atoms with van der Waals surface area (Å²) in [6, 6.07) is 13.6. The third kappa shape index (κ3) is 10.6. The second-order valence-electron chi connectivity index (χ2n) is 10.9. The Hall–Kier alpha value is -4.32. The molecule has 0 spiro atoms. The van der Waals surface area contributed by atoms with Gasteiger partial charge in [0.15, 0.2) is 0 Å². The number of benzene rings is 2. The van der Waals surface area contributed by atoms with E-state index < -0.39 is 47.6 Å². The van der Waals surface area contributed by atoms with Gasteiger partial charge < -0.3 is 25.0 Å². The zero-order valence-corrected chi connectivity index (χ0v) is 25.4. The summed E-state index contributed by atoms with van der Waals surface area (Å²) in [6.45, 7) is 11.0. The molecule has 0 aromatic heterocycles. The maximum Gasteiger partial charge on any atom is 0.408 e. The molecule has 0 fully saturated rings. The van der Waals surface area contributed by atoms with Crippen LogP contribution in [0.4, 0.5) is 4.79 Å². The van der Waals surface area contributed by atoms with E-state index in [0.29, 0.717) is 17.5 Å². The molecular weight excluding hydrogens is 534 g/mol. The molecule has 3 amide bonds. The van der Waals surface area contributed by atoms with Gasteiger partial charge in [0.1, 0.15) is 17.7 Å². The summed E-state index contributed by atoms with van der Waals surface area (Å²) in [5.74, 6) is 1.19. The summed E-state index contributed by atoms with van der Waals surface area (Å²) < 4.78 is 10.4. The summed E-state index contributed by atoms with van der Waals surface area (Å²) in [4.78, 5) is 54.5. The van der Waals surface area contributed by atoms with Crippen molar-refractivity contribution in [2.45, 2.75) is 84.5 Å². The van der Waals surface area contributed by atoms with Crippen LogP contribution in [0.3, 0.4) is 0 Å². The number of nitrogens with one attached hydrogen (secondary N) is 2. The maximum atomic E-state index is 14.4. The number of terminal acetylenes is 1. The van der Waals surface area contributed by atoms with Gasteiger partial charge in [0, 0.05) is 24.6 Å². The second-order valence-corrected chi connectivity index (χ2v) is 10.9. The first-order valence-electron chi connectivity index (χ1n) is 14.3. The van der Waals surface area contributed by atoms with Crippen molar-refractivity contribution < 1.29 is 28.7 Å². The molecular formula is C33H43N3O6. The molecule has 0 saturated carbocycles. The summed E-state index contributed by atoms with van der Waals surface area (Å²) in [5, 5.41) is 5.53. The maximum absolute atomic E-state index is 14.4. The lowest BCUT2D eigenvalue weighted by molar-refractivity contribution is -0.146. The van der Waals surface area contributed by atoms with Gasteiger partial charge in [-0.25, -0.2) is 4.79 Å². The SMILES string of the molecule is C#Cc1ccc(C(C(=O)NCCC(=O)OCC)N(C(=O)C(Cc2ccccc2)NC(=O)OC(C)(C)C)C(C)CC)cc1. The van der Waals surface area contributed by atoms with E-state index in [2.05, 4.69) is 16.6 Å². The topological polar surface area (TPSA) is 114 Å². The molecule has 9 heteroatoms. The Labute approximate surface area is 249 Å². The zero-order valence-electron chi connectivity index (χ0n) is 25.4. The minimum Gasteiger partial charge on any atom is -0.466 e. The number of ether oxygens (including phenoxy) is 2. The monoisotopic (exact) mass is 577 g/mol. The summed E-state index contributed by atoms with van der Waals surface area (Å²) in [7, 11) is 0. The Bertz CT molecular complexity index is 1230. The molecule has 2 aromatic rings. The summed E-state index contributed by atoms with van der Waals surface area (Å²) >= 11 is 0. The fourth-order valence-electron chi connectivity index (χ4n) is 4.29. The number of carbonyl (C=O) groups is 4. The molecule has 2 rings (SSSR count). The molecule has 9 nitrogen and oxygen atoms in total. The minimum atomic E-state index is -1.07. The Balaban J connectivity index is 2.53. The number of hydrogen-bond acceptors (Lipinski definition) is 6. The Morgan fingerprint density at radius 2 is 1.64 bits per heavy atom. The van der Waals surface area contributed by atoms with E-state index in [4.69, 9.17) is 15.9 Å². The first kappa shape index (κ1) is 33.9. The van der Waals surface area contributed by atoms with Gasteiger partial charge in [-0.3, -0.25) is 14.4 Å². The summed E-state index contributed by atoms with van der Waals surface area (Å²) in [5.41, 5.74) is 1.20. The molecule has 0 bridgehead atoms. The average molecular weight is 578 g/mol. The van der Waals surface area contributed by atoms with Gasteiger partial charge in [-0.2, -0.15) is 0 Å². The van der Waals surface area contributed by atoms with Gasteiger partial charge in [-0.1, -0.05) is 55.3 Å². The number of nitrogens with zero attached hydrogens (tertiary/aromatic N) is 1. The zero-order chi connectivity index (χ0) is 31.3. The lowest BCUT2D eigenvalue weighted by Gasteiger charge is -2.38. The fraction of sp³-hybridized carbons (Fsp3) is 0.455. The van der Waals surface area contributed by atoms with Crippen molar-refractivity contribution in [1.29, 1.82) is 0 Å². The van der Waals surface area contributed by atoms with Crippen LogP contribution >= 0.6 is 0 Å². The van der Waals surface area contributed by atoms with Crippen LogP contribution in [0.5, 0.6) is 0 Å². The standard InChI is InChI=1S/C33H43N3O6/c1-8-23(4)36(31(39)27(22-25-14-12-11-13-15-25)35-32(40)42-33(5,6)7)29(26-18-16-24(9-2)17-19-26)30(38)34-21-20-28(37)41-10-3/h2,11-19,23,27,29H,8,10,20-22H2,1,3-7H3,(H,34,38)(H,35,40). The van der Waals surface area contributed by atoms with Crippen LogP contribution in [-0.4, -0.2) is 59.6 Å². The van der Waals surface area contributed by atoms with Gasteiger partial charge >= 0.3 is 12.1 Å². The molecule has 0 heterocycles. The predicted octanol–water partition coefficient (Wildman–Crippen LogP) is 4.54. The number of esters is 1. The van der Waals surface area contributed by atoms with Crippen molar-refractivity contribution in [3.63, 3.8) is 0 Å². The molecule has 0 saturated heterocycles. The van der Waals surface area contributed by atoms with E-state index in [9.17, 15) is 19.2 Å². The molecule has 0 aliphatic carbocycles. The van der Waals surface area contributed by atoms with Crippen molar-refractivity contribution in [2.24, 2.45) is 0 Å². The normalized spacial score (nSPS) is 13.1. The van der Waals surface area contributed by atoms with Crippen molar-refractivity contribution in [2.75, 3.05) is 13.2 Å². The highest BCUT2D eigenvalue weighted by molar-refractivity contribution is 5.92. The van der Waals surface area contributed by atoms with Crippen molar-refractivity contribution in [3.8, 4) is 12.3 Å². The second kappa shape index (κ2) is 16.2. The highest BCUT2D eigenvalue weighted by Gasteiger charge is 2.38. The molecule has 0 aliphatic rings. The van der Waals surface area contributed by atoms with E-state index in [0.717, 1.165) is 5.56 Å². The summed E-state index contributed by atoms with van der Waals surface area (Å²) in [6.07, 6.45) is 5.50. The molecule has 226 valence electrons. The number of hydrogen-bond donors (Lipinski definition) is 2. The van der Waals surface area contributed by atoms with Crippen LogP contribution in [0.15, 0.2) is 54.6 Å². The van der Waals surface area contributed by atoms with Gasteiger partial charge in [-0.15, -0.1) is 6.42 Å². The largest absolute Gasteiger partial charge is 0.466 e. The van der Waals surface area contributed by atoms with Crippen LogP contribution in [0, 0.1) is 12.3 Å². The minimum absolute atomic E-state index is 0.0174. The van der Waals surface area contributed by atoms with E-state index in [1.54, 1.807) is 52.0 Å². The first-order valence-corrected chi connectivity index (χ1v) is 14.3. The van der Waals surface area contributed by atoms with Crippen LogP contribution in [-0.2, 0) is 30.3 Å².